The van der Waals surface area contributed by atoms with E-state index in [0.717, 1.165) is 49.4 Å². The van der Waals surface area contributed by atoms with Gasteiger partial charge in [-0.05, 0) is 73.7 Å². The van der Waals surface area contributed by atoms with Gasteiger partial charge >= 0.3 is 0 Å². The number of nitrogens with one attached hydrogen (secondary N) is 1. The Morgan fingerprint density at radius 2 is 1.71 bits per heavy atom. The number of para-hydroxylation sites is 1. The largest absolute Gasteiger partial charge is 0.372 e. The number of benzene rings is 2. The fourth-order valence-electron chi connectivity index (χ4n) is 6.81. The number of amides is 3. The third kappa shape index (κ3) is 4.81. The minimum atomic E-state index is -1.03. The summed E-state index contributed by atoms with van der Waals surface area (Å²) in [5.74, 6) is 0.157. The van der Waals surface area contributed by atoms with Gasteiger partial charge in [-0.3, -0.25) is 24.0 Å². The molecule has 2 atom stereocenters. The van der Waals surface area contributed by atoms with Gasteiger partial charge in [0.25, 0.3) is 11.8 Å². The lowest BCUT2D eigenvalue weighted by molar-refractivity contribution is -0.129. The van der Waals surface area contributed by atoms with E-state index in [4.69, 9.17) is 5.10 Å². The molecule has 2 aromatic carbocycles. The average Bonchev–Trinajstić information content (AvgIpc) is 3.54. The fraction of sp³-hybridized carbons (Fsp3) is 0.419. The van der Waals surface area contributed by atoms with E-state index in [1.807, 2.05) is 52.0 Å². The molecule has 2 saturated heterocycles. The molecule has 2 N–H and O–H groups in total. The van der Waals surface area contributed by atoms with E-state index in [1.165, 1.54) is 5.56 Å². The van der Waals surface area contributed by atoms with Crippen LogP contribution in [0.1, 0.15) is 69.3 Å². The van der Waals surface area contributed by atoms with Gasteiger partial charge in [0.05, 0.1) is 18.3 Å². The zero-order chi connectivity index (χ0) is 28.1. The van der Waals surface area contributed by atoms with E-state index in [-0.39, 0.29) is 17.7 Å². The molecule has 3 amide bonds. The molecular weight excluding hydrogens is 520 g/mol. The molecule has 4 aliphatic heterocycles. The van der Waals surface area contributed by atoms with Crippen LogP contribution in [0.4, 0.5) is 5.69 Å². The molecule has 212 valence electrons. The number of aliphatic hydroxyl groups is 1. The molecule has 10 nitrogen and oxygen atoms in total. The van der Waals surface area contributed by atoms with Gasteiger partial charge in [-0.15, -0.1) is 0 Å². The summed E-state index contributed by atoms with van der Waals surface area (Å²) < 4.78 is 1.85. The minimum Gasteiger partial charge on any atom is -0.372 e. The Hall–Kier alpha value is -4.02. The van der Waals surface area contributed by atoms with Crippen molar-refractivity contribution in [2.45, 2.75) is 63.5 Å². The van der Waals surface area contributed by atoms with Crippen LogP contribution in [0.5, 0.6) is 0 Å². The van der Waals surface area contributed by atoms with Crippen molar-refractivity contribution in [1.82, 2.24) is 24.9 Å². The summed E-state index contributed by atoms with van der Waals surface area (Å²) in [5.41, 5.74) is 5.43. The van der Waals surface area contributed by atoms with Gasteiger partial charge in [0.2, 0.25) is 5.91 Å². The number of piperidine rings is 2. The molecule has 4 aliphatic rings. The number of aliphatic hydroxyl groups excluding tert-OH is 1. The molecule has 7 rings (SSSR count). The van der Waals surface area contributed by atoms with Crippen molar-refractivity contribution in [2.75, 3.05) is 24.5 Å². The van der Waals surface area contributed by atoms with E-state index in [2.05, 4.69) is 22.3 Å². The Bertz CT molecular complexity index is 1500. The van der Waals surface area contributed by atoms with E-state index < -0.39 is 12.3 Å². The molecule has 2 fully saturated rings. The van der Waals surface area contributed by atoms with Crippen molar-refractivity contribution in [3.05, 3.63) is 82.7 Å². The third-order valence-electron chi connectivity index (χ3n) is 9.04. The molecule has 10 heteroatoms. The summed E-state index contributed by atoms with van der Waals surface area (Å²) in [6, 6.07) is 17.5. The van der Waals surface area contributed by atoms with E-state index in [0.29, 0.717) is 49.7 Å². The monoisotopic (exact) mass is 554 g/mol. The Balaban J connectivity index is 0.969. The highest BCUT2D eigenvalue weighted by Crippen LogP contribution is 2.34. The number of likely N-dealkylation sites (tertiary alicyclic amines) is 1. The van der Waals surface area contributed by atoms with Gasteiger partial charge in [0.1, 0.15) is 11.9 Å². The molecule has 1 aromatic heterocycles. The number of hydrogen-bond donors (Lipinski definition) is 2. The molecular formula is C31H34N6O4. The maximum absolute atomic E-state index is 13.2. The molecule has 5 heterocycles. The number of nitrogens with zero attached hydrogens (tertiary/aromatic N) is 5. The van der Waals surface area contributed by atoms with Crippen LogP contribution in [0.25, 0.3) is 0 Å². The first kappa shape index (κ1) is 25.9. The normalized spacial score (nSPS) is 23.5. The Morgan fingerprint density at radius 3 is 2.49 bits per heavy atom. The Kier molecular flexibility index (Phi) is 6.59. The average molecular weight is 555 g/mol. The van der Waals surface area contributed by atoms with Crippen molar-refractivity contribution in [3.63, 3.8) is 0 Å². The smallest absolute Gasteiger partial charge is 0.276 e. The van der Waals surface area contributed by atoms with Gasteiger partial charge in [-0.1, -0.05) is 30.3 Å². The van der Waals surface area contributed by atoms with Crippen LogP contribution < -0.4 is 10.2 Å². The molecule has 0 radical (unpaired) electrons. The van der Waals surface area contributed by atoms with Crippen LogP contribution >= 0.6 is 0 Å². The number of carbonyl (C=O) groups is 3. The summed E-state index contributed by atoms with van der Waals surface area (Å²) in [7, 11) is 0. The lowest BCUT2D eigenvalue weighted by Gasteiger charge is -2.35. The van der Waals surface area contributed by atoms with Crippen LogP contribution in [0, 0.1) is 0 Å². The summed E-state index contributed by atoms with van der Waals surface area (Å²) in [6.07, 6.45) is 1.78. The Morgan fingerprint density at radius 1 is 0.902 bits per heavy atom. The predicted octanol–water partition coefficient (Wildman–Crippen LogP) is 2.48. The predicted molar refractivity (Wildman–Crippen MR) is 151 cm³/mol. The topological polar surface area (TPSA) is 111 Å². The quantitative estimate of drug-likeness (QED) is 0.502. The van der Waals surface area contributed by atoms with E-state index >= 15 is 0 Å². The number of carbonyl (C=O) groups excluding carboxylic acids is 3. The zero-order valence-electron chi connectivity index (χ0n) is 22.9. The van der Waals surface area contributed by atoms with Gasteiger partial charge in [-0.2, -0.15) is 5.10 Å². The highest BCUT2D eigenvalue weighted by molar-refractivity contribution is 6.05. The van der Waals surface area contributed by atoms with Crippen molar-refractivity contribution in [2.24, 2.45) is 0 Å². The fourth-order valence-corrected chi connectivity index (χ4v) is 6.81. The van der Waals surface area contributed by atoms with Crippen LogP contribution in [0.15, 0.2) is 54.6 Å². The maximum atomic E-state index is 13.2. The van der Waals surface area contributed by atoms with Crippen molar-refractivity contribution in [3.8, 4) is 0 Å². The van der Waals surface area contributed by atoms with Crippen LogP contribution in [0.2, 0.25) is 0 Å². The van der Waals surface area contributed by atoms with Crippen LogP contribution in [0.3, 0.4) is 0 Å². The first-order valence-corrected chi connectivity index (χ1v) is 14.5. The summed E-state index contributed by atoms with van der Waals surface area (Å²) in [6.45, 7) is 4.36. The number of hydrogen-bond acceptors (Lipinski definition) is 6. The SMILES string of the molecule is O=C1CCC(N2Cc3cc(C4CCN(Cc5cc6n(n5)CCN(c5ccccc5)C6=O)CC4)ccc3C2=O)C(O)N1. The summed E-state index contributed by atoms with van der Waals surface area (Å²) in [4.78, 5) is 43.8. The first-order chi connectivity index (χ1) is 19.9. The molecule has 2 unspecified atom stereocenters. The minimum absolute atomic E-state index is 0.00341. The van der Waals surface area contributed by atoms with Gasteiger partial charge in [0, 0.05) is 37.3 Å². The van der Waals surface area contributed by atoms with E-state index in [9.17, 15) is 19.5 Å². The van der Waals surface area contributed by atoms with E-state index in [1.54, 1.807) is 4.90 Å². The number of aromatic nitrogens is 2. The lowest BCUT2D eigenvalue weighted by atomic mass is 9.88. The Labute approximate surface area is 238 Å². The lowest BCUT2D eigenvalue weighted by Crippen LogP contribution is -2.55. The number of rotatable bonds is 5. The van der Waals surface area contributed by atoms with Gasteiger partial charge in [0.15, 0.2) is 0 Å². The second-order valence-corrected chi connectivity index (χ2v) is 11.6. The standard InChI is InChI=1S/C31H34N6O4/c38-28-9-8-26(29(39)32-28)36-18-22-16-21(6-7-25(22)30(36)40)20-10-12-34(13-11-20)19-23-17-27-31(41)35(14-15-37(27)33-23)24-4-2-1-3-5-24/h1-7,16-17,20,26,29,39H,8-15,18-19H2,(H,32,38). The molecule has 41 heavy (non-hydrogen) atoms. The summed E-state index contributed by atoms with van der Waals surface area (Å²) in [5, 5.41) is 17.7. The van der Waals surface area contributed by atoms with Gasteiger partial charge < -0.3 is 20.2 Å². The molecule has 0 saturated carbocycles. The number of fused-ring (bicyclic) bond motifs is 2. The van der Waals surface area contributed by atoms with Crippen LogP contribution in [-0.4, -0.2) is 74.3 Å². The third-order valence-corrected chi connectivity index (χ3v) is 9.04. The van der Waals surface area contributed by atoms with Crippen molar-refractivity contribution < 1.29 is 19.5 Å². The van der Waals surface area contributed by atoms with Crippen molar-refractivity contribution in [1.29, 1.82) is 0 Å². The highest BCUT2D eigenvalue weighted by atomic mass is 16.3. The van der Waals surface area contributed by atoms with Gasteiger partial charge in [-0.25, -0.2) is 0 Å². The molecule has 0 aliphatic carbocycles. The van der Waals surface area contributed by atoms with Crippen molar-refractivity contribution >= 4 is 23.4 Å². The molecule has 0 spiro atoms. The first-order valence-electron chi connectivity index (χ1n) is 14.5. The summed E-state index contributed by atoms with van der Waals surface area (Å²) >= 11 is 0. The second-order valence-electron chi connectivity index (χ2n) is 11.6. The highest BCUT2D eigenvalue weighted by Gasteiger charge is 2.39. The molecule has 3 aromatic rings. The maximum Gasteiger partial charge on any atom is 0.276 e. The molecule has 0 bridgehead atoms. The van der Waals surface area contributed by atoms with Crippen LogP contribution in [-0.2, 0) is 24.4 Å². The number of anilines is 1. The second kappa shape index (κ2) is 10.4. The zero-order valence-corrected chi connectivity index (χ0v) is 22.9.